The first-order valence-corrected chi connectivity index (χ1v) is 17.2. The van der Waals surface area contributed by atoms with E-state index in [-0.39, 0.29) is 10.5 Å². The number of benzene rings is 4. The van der Waals surface area contributed by atoms with E-state index in [0.29, 0.717) is 53.0 Å². The number of sulfonamides is 1. The van der Waals surface area contributed by atoms with Gasteiger partial charge in [0.1, 0.15) is 0 Å². The fraction of sp³-hybridized carbons (Fsp3) is 0.182. The summed E-state index contributed by atoms with van der Waals surface area (Å²) in [5, 5.41) is 6.09. The van der Waals surface area contributed by atoms with Crippen LogP contribution < -0.4 is 19.2 Å². The highest BCUT2D eigenvalue weighted by atomic mass is 79.9. The fourth-order valence-electron chi connectivity index (χ4n) is 5.18. The summed E-state index contributed by atoms with van der Waals surface area (Å²) in [6.45, 7) is 0.688. The van der Waals surface area contributed by atoms with Crippen LogP contribution in [0, 0.1) is 0 Å². The van der Waals surface area contributed by atoms with Crippen LogP contribution in [-0.4, -0.2) is 57.7 Å². The number of hydrogen-bond acceptors (Lipinski definition) is 9. The molecule has 6 rings (SSSR count). The standard InChI is InChI=1S/C33H29BrN4O6S2/c1-42-28-16-21(17-29(43-2)31(28)44-3)19-35-38(33-36-27-13-10-25(34)18-30(27)45-33)32(39)23-8-11-26(12-9-23)46(40,41)37-15-14-22-6-4-5-7-24(22)20-37/h4-13,16-19H,14-15,20H2,1-3H3/b35-19+. The van der Waals surface area contributed by atoms with Crippen molar-refractivity contribution in [3.63, 3.8) is 0 Å². The first-order valence-electron chi connectivity index (χ1n) is 14.1. The van der Waals surface area contributed by atoms with Crippen molar-refractivity contribution in [1.82, 2.24) is 9.29 Å². The Balaban J connectivity index is 1.33. The van der Waals surface area contributed by atoms with E-state index in [1.165, 1.54) is 72.5 Å². The van der Waals surface area contributed by atoms with Crippen LogP contribution in [-0.2, 0) is 23.0 Å². The number of carbonyl (C=O) groups excluding carboxylic acids is 1. The van der Waals surface area contributed by atoms with E-state index in [0.717, 1.165) is 20.3 Å². The van der Waals surface area contributed by atoms with Crippen LogP contribution in [0.3, 0.4) is 0 Å². The van der Waals surface area contributed by atoms with Crippen molar-refractivity contribution in [2.75, 3.05) is 32.9 Å². The Morgan fingerprint density at radius 3 is 2.33 bits per heavy atom. The molecule has 0 radical (unpaired) electrons. The third-order valence-electron chi connectivity index (χ3n) is 7.56. The fourth-order valence-corrected chi connectivity index (χ4v) is 8.07. The lowest BCUT2D eigenvalue weighted by atomic mass is 10.0. The lowest BCUT2D eigenvalue weighted by Gasteiger charge is -2.28. The van der Waals surface area contributed by atoms with Crippen LogP contribution in [0.4, 0.5) is 5.13 Å². The number of thiazole rings is 1. The van der Waals surface area contributed by atoms with Gasteiger partial charge in [0.05, 0.1) is 42.7 Å². The molecule has 0 fully saturated rings. The maximum atomic E-state index is 14.0. The summed E-state index contributed by atoms with van der Waals surface area (Å²) in [5.74, 6) is 0.799. The van der Waals surface area contributed by atoms with Gasteiger partial charge in [-0.15, -0.1) is 0 Å². The summed E-state index contributed by atoms with van der Waals surface area (Å²) >= 11 is 4.78. The summed E-state index contributed by atoms with van der Waals surface area (Å²) in [4.78, 5) is 18.8. The van der Waals surface area contributed by atoms with Crippen LogP contribution >= 0.6 is 27.3 Å². The van der Waals surface area contributed by atoms with Crippen molar-refractivity contribution in [1.29, 1.82) is 0 Å². The van der Waals surface area contributed by atoms with Gasteiger partial charge in [-0.25, -0.2) is 13.4 Å². The summed E-state index contributed by atoms with van der Waals surface area (Å²) in [6, 6.07) is 22.8. The minimum Gasteiger partial charge on any atom is -0.493 e. The second kappa shape index (κ2) is 13.2. The van der Waals surface area contributed by atoms with Crippen molar-refractivity contribution in [3.05, 3.63) is 106 Å². The van der Waals surface area contributed by atoms with Crippen LogP contribution in [0.15, 0.2) is 93.3 Å². The number of nitrogens with zero attached hydrogens (tertiary/aromatic N) is 4. The van der Waals surface area contributed by atoms with Crippen LogP contribution in [0.1, 0.15) is 27.0 Å². The van der Waals surface area contributed by atoms with E-state index >= 15 is 0 Å². The number of aromatic nitrogens is 1. The van der Waals surface area contributed by atoms with Gasteiger partial charge in [-0.3, -0.25) is 4.79 Å². The van der Waals surface area contributed by atoms with Crippen molar-refractivity contribution >= 4 is 64.8 Å². The van der Waals surface area contributed by atoms with E-state index in [1.54, 1.807) is 12.1 Å². The summed E-state index contributed by atoms with van der Waals surface area (Å²) in [6.07, 6.45) is 2.14. The molecule has 1 aromatic heterocycles. The number of rotatable bonds is 9. The topological polar surface area (TPSA) is 111 Å². The lowest BCUT2D eigenvalue weighted by Crippen LogP contribution is -2.36. The normalized spacial score (nSPS) is 13.5. The maximum absolute atomic E-state index is 14.0. The molecule has 0 atom stereocenters. The van der Waals surface area contributed by atoms with E-state index in [4.69, 9.17) is 14.2 Å². The van der Waals surface area contributed by atoms with Gasteiger partial charge < -0.3 is 14.2 Å². The largest absolute Gasteiger partial charge is 0.493 e. The molecule has 236 valence electrons. The van der Waals surface area contributed by atoms with Gasteiger partial charge in [0.15, 0.2) is 11.5 Å². The zero-order valence-electron chi connectivity index (χ0n) is 25.1. The molecule has 2 heterocycles. The highest BCUT2D eigenvalue weighted by Crippen LogP contribution is 2.38. The van der Waals surface area contributed by atoms with E-state index < -0.39 is 15.9 Å². The minimum atomic E-state index is -3.78. The van der Waals surface area contributed by atoms with Crippen molar-refractivity contribution in [2.45, 2.75) is 17.9 Å². The van der Waals surface area contributed by atoms with Gasteiger partial charge in [0, 0.05) is 28.7 Å². The van der Waals surface area contributed by atoms with Gasteiger partial charge in [-0.2, -0.15) is 14.4 Å². The Hall–Kier alpha value is -4.30. The Kier molecular flexibility index (Phi) is 9.09. The SMILES string of the molecule is COc1cc(/C=N/N(C(=O)c2ccc(S(=O)(=O)N3CCc4ccccc4C3)cc2)c2nc3ccc(Br)cc3s2)cc(OC)c1OC. The average Bonchev–Trinajstić information content (AvgIpc) is 3.50. The van der Waals surface area contributed by atoms with Gasteiger partial charge in [-0.05, 0) is 72.1 Å². The Morgan fingerprint density at radius 2 is 1.65 bits per heavy atom. The van der Waals surface area contributed by atoms with Gasteiger partial charge in [0.25, 0.3) is 5.91 Å². The predicted molar refractivity (Wildman–Crippen MR) is 182 cm³/mol. The molecule has 13 heteroatoms. The molecule has 0 spiro atoms. The minimum absolute atomic E-state index is 0.112. The average molecular weight is 722 g/mol. The molecular weight excluding hydrogens is 692 g/mol. The van der Waals surface area contributed by atoms with Crippen LogP contribution in [0.5, 0.6) is 17.2 Å². The smallest absolute Gasteiger partial charge is 0.280 e. The third-order valence-corrected chi connectivity index (χ3v) is 10.9. The highest BCUT2D eigenvalue weighted by Gasteiger charge is 2.29. The van der Waals surface area contributed by atoms with E-state index in [9.17, 15) is 13.2 Å². The molecule has 1 amide bonds. The molecule has 0 saturated carbocycles. The van der Waals surface area contributed by atoms with Crippen molar-refractivity contribution < 1.29 is 27.4 Å². The first kappa shape index (κ1) is 31.7. The summed E-state index contributed by atoms with van der Waals surface area (Å²) in [5.41, 5.74) is 3.68. The molecule has 0 unspecified atom stereocenters. The number of amides is 1. The van der Waals surface area contributed by atoms with Crippen LogP contribution in [0.2, 0.25) is 0 Å². The second-order valence-electron chi connectivity index (χ2n) is 10.3. The molecule has 0 N–H and O–H groups in total. The number of anilines is 1. The molecule has 0 bridgehead atoms. The predicted octanol–water partition coefficient (Wildman–Crippen LogP) is 6.51. The number of fused-ring (bicyclic) bond motifs is 2. The molecule has 5 aromatic rings. The molecule has 0 aliphatic carbocycles. The zero-order chi connectivity index (χ0) is 32.4. The number of methoxy groups -OCH3 is 3. The Labute approximate surface area is 279 Å². The molecule has 0 saturated heterocycles. The zero-order valence-corrected chi connectivity index (χ0v) is 28.4. The first-order chi connectivity index (χ1) is 22.2. The Bertz CT molecular complexity index is 2040. The number of hydrazone groups is 1. The van der Waals surface area contributed by atoms with Crippen molar-refractivity contribution in [2.24, 2.45) is 5.10 Å². The second-order valence-corrected chi connectivity index (χ2v) is 14.2. The molecule has 46 heavy (non-hydrogen) atoms. The van der Waals surface area contributed by atoms with Crippen LogP contribution in [0.25, 0.3) is 10.2 Å². The summed E-state index contributed by atoms with van der Waals surface area (Å²) < 4.78 is 46.6. The quantitative estimate of drug-likeness (QED) is 0.126. The number of halogens is 1. The van der Waals surface area contributed by atoms with E-state index in [1.807, 2.05) is 42.5 Å². The Morgan fingerprint density at radius 1 is 0.957 bits per heavy atom. The summed E-state index contributed by atoms with van der Waals surface area (Å²) in [7, 11) is 0.770. The van der Waals surface area contributed by atoms with Crippen molar-refractivity contribution in [3.8, 4) is 17.2 Å². The highest BCUT2D eigenvalue weighted by molar-refractivity contribution is 9.10. The third kappa shape index (κ3) is 6.23. The molecule has 1 aliphatic heterocycles. The monoisotopic (exact) mass is 720 g/mol. The van der Waals surface area contributed by atoms with Gasteiger partial charge in [0.2, 0.25) is 20.9 Å². The molecule has 1 aliphatic rings. The number of hydrogen-bond donors (Lipinski definition) is 0. The van der Waals surface area contributed by atoms with E-state index in [2.05, 4.69) is 26.0 Å². The molecule has 4 aromatic carbocycles. The van der Waals surface area contributed by atoms with Gasteiger partial charge in [-0.1, -0.05) is 51.5 Å². The number of ether oxygens (including phenoxy) is 3. The van der Waals surface area contributed by atoms with Gasteiger partial charge >= 0.3 is 0 Å². The maximum Gasteiger partial charge on any atom is 0.280 e. The lowest BCUT2D eigenvalue weighted by molar-refractivity contribution is 0.0987. The molecular formula is C33H29BrN4O6S2. The number of carbonyl (C=O) groups is 1. The molecule has 10 nitrogen and oxygen atoms in total.